The van der Waals surface area contributed by atoms with Gasteiger partial charge in [-0.25, -0.2) is 0 Å². The summed E-state index contributed by atoms with van der Waals surface area (Å²) >= 11 is 0. The maximum absolute atomic E-state index is 11.5. The summed E-state index contributed by atoms with van der Waals surface area (Å²) in [6.07, 6.45) is 1.68. The van der Waals surface area contributed by atoms with Crippen LogP contribution < -0.4 is 0 Å². The van der Waals surface area contributed by atoms with E-state index < -0.39 is 5.41 Å². The molecular weight excluding hydrogens is 276 g/mol. The molecule has 80 valence electrons. The molecule has 1 saturated carbocycles. The smallest absolute Gasteiger partial charge is 0.316 e. The van der Waals surface area contributed by atoms with Crippen LogP contribution in [0.1, 0.15) is 18.4 Å². The summed E-state index contributed by atoms with van der Waals surface area (Å²) in [7, 11) is 1.41. The first-order valence-electron chi connectivity index (χ1n) is 4.57. The monoisotopic (exact) mass is 290 g/mol. The Hall–Kier alpha value is -0.822. The van der Waals surface area contributed by atoms with E-state index in [1.54, 1.807) is 24.3 Å². The van der Waals surface area contributed by atoms with Crippen molar-refractivity contribution in [2.24, 2.45) is 0 Å². The molecule has 0 unspecified atom stereocenters. The van der Waals surface area contributed by atoms with Crippen LogP contribution in [0.5, 0.6) is 5.75 Å². The zero-order valence-electron chi connectivity index (χ0n) is 8.40. The first-order valence-corrected chi connectivity index (χ1v) is 4.57. The predicted molar refractivity (Wildman–Crippen MR) is 51.0 cm³/mol. The molecule has 0 radical (unpaired) electrons. The largest absolute Gasteiger partial charge is 0.508 e. The van der Waals surface area contributed by atoms with Gasteiger partial charge in [0.15, 0.2) is 0 Å². The van der Waals surface area contributed by atoms with Crippen LogP contribution in [0.4, 0.5) is 0 Å². The van der Waals surface area contributed by atoms with Crippen LogP contribution in [0.25, 0.3) is 0 Å². The van der Waals surface area contributed by atoms with Crippen molar-refractivity contribution in [1.82, 2.24) is 0 Å². The Kier molecular flexibility index (Phi) is 3.56. The summed E-state index contributed by atoms with van der Waals surface area (Å²) < 4.78 is 4.76. The van der Waals surface area contributed by atoms with Crippen molar-refractivity contribution in [3.8, 4) is 5.75 Å². The molecule has 1 N–H and O–H groups in total. The third kappa shape index (κ3) is 2.07. The summed E-state index contributed by atoms with van der Waals surface area (Å²) in [4.78, 5) is 11.5. The maximum atomic E-state index is 11.5. The number of phenolic OH excluding ortho intramolecular Hbond substituents is 1. The minimum Gasteiger partial charge on any atom is -0.508 e. The van der Waals surface area contributed by atoms with E-state index in [4.69, 9.17) is 9.84 Å². The van der Waals surface area contributed by atoms with Crippen molar-refractivity contribution >= 4 is 5.97 Å². The normalized spacial score (nSPS) is 16.3. The number of aromatic hydroxyl groups is 1. The van der Waals surface area contributed by atoms with Crippen molar-refractivity contribution in [3.05, 3.63) is 29.8 Å². The number of benzene rings is 1. The number of phenols is 1. The molecule has 15 heavy (non-hydrogen) atoms. The van der Waals surface area contributed by atoms with Gasteiger partial charge in [0, 0.05) is 21.1 Å². The minimum absolute atomic E-state index is 0. The van der Waals surface area contributed by atoms with Gasteiger partial charge in [-0.2, -0.15) is 0 Å². The average Bonchev–Trinajstić information content (AvgIpc) is 2.99. The van der Waals surface area contributed by atoms with Gasteiger partial charge in [0.05, 0.1) is 12.5 Å². The van der Waals surface area contributed by atoms with Gasteiger partial charge in [0.1, 0.15) is 5.75 Å². The predicted octanol–water partition coefficient (Wildman–Crippen LogP) is 1.59. The van der Waals surface area contributed by atoms with Gasteiger partial charge in [-0.05, 0) is 30.5 Å². The van der Waals surface area contributed by atoms with Gasteiger partial charge < -0.3 is 9.84 Å². The Bertz CT molecular complexity index is 355. The number of hydrogen-bond donors (Lipinski definition) is 1. The summed E-state index contributed by atoms with van der Waals surface area (Å²) in [5, 5.41) is 9.12. The molecule has 0 saturated heterocycles. The van der Waals surface area contributed by atoms with Crippen LogP contribution >= 0.6 is 0 Å². The number of hydrogen-bond acceptors (Lipinski definition) is 3. The van der Waals surface area contributed by atoms with Gasteiger partial charge in [0.2, 0.25) is 0 Å². The Balaban J connectivity index is 0.00000112. The molecule has 0 amide bonds. The number of carbonyl (C=O) groups excluding carboxylic acids is 1. The molecular formula is C11H12MoO3. The molecule has 0 spiro atoms. The minimum atomic E-state index is -0.428. The van der Waals surface area contributed by atoms with Crippen LogP contribution in [-0.2, 0) is 36.0 Å². The quantitative estimate of drug-likeness (QED) is 0.664. The molecule has 0 aromatic heterocycles. The van der Waals surface area contributed by atoms with E-state index >= 15 is 0 Å². The van der Waals surface area contributed by atoms with E-state index in [-0.39, 0.29) is 32.8 Å². The molecule has 3 nitrogen and oxygen atoms in total. The van der Waals surface area contributed by atoms with Gasteiger partial charge in [-0.15, -0.1) is 0 Å². The van der Waals surface area contributed by atoms with Crippen LogP contribution in [0.2, 0.25) is 0 Å². The fourth-order valence-corrected chi connectivity index (χ4v) is 1.71. The maximum Gasteiger partial charge on any atom is 0.316 e. The van der Waals surface area contributed by atoms with Gasteiger partial charge in [-0.3, -0.25) is 4.79 Å². The number of ether oxygens (including phenoxy) is 1. The topological polar surface area (TPSA) is 46.5 Å². The Morgan fingerprint density at radius 1 is 1.33 bits per heavy atom. The van der Waals surface area contributed by atoms with Crippen molar-refractivity contribution in [2.45, 2.75) is 18.3 Å². The summed E-state index contributed by atoms with van der Waals surface area (Å²) in [6.45, 7) is 0. The Morgan fingerprint density at radius 3 is 2.27 bits per heavy atom. The van der Waals surface area contributed by atoms with Crippen molar-refractivity contribution in [2.75, 3.05) is 7.11 Å². The van der Waals surface area contributed by atoms with E-state index in [2.05, 4.69) is 0 Å². The van der Waals surface area contributed by atoms with Crippen molar-refractivity contribution in [1.29, 1.82) is 0 Å². The molecule has 1 aliphatic carbocycles. The summed E-state index contributed by atoms with van der Waals surface area (Å²) in [5.41, 5.74) is 0.504. The molecule has 0 heterocycles. The SMILES string of the molecule is COC(=O)C1(c2ccc(O)cc2)CC1.[Mo]. The van der Waals surface area contributed by atoms with Crippen molar-refractivity contribution < 1.29 is 35.7 Å². The molecule has 0 bridgehead atoms. The molecule has 0 atom stereocenters. The van der Waals surface area contributed by atoms with E-state index in [1.807, 2.05) is 0 Å². The number of methoxy groups -OCH3 is 1. The first kappa shape index (κ1) is 12.2. The number of carbonyl (C=O) groups is 1. The van der Waals surface area contributed by atoms with E-state index in [0.29, 0.717) is 0 Å². The third-order valence-electron chi connectivity index (χ3n) is 2.75. The second-order valence-corrected chi connectivity index (χ2v) is 3.62. The fourth-order valence-electron chi connectivity index (χ4n) is 1.71. The van der Waals surface area contributed by atoms with E-state index in [1.165, 1.54) is 7.11 Å². The average molecular weight is 288 g/mol. The molecule has 0 aliphatic heterocycles. The molecule has 4 heteroatoms. The Morgan fingerprint density at radius 2 is 1.87 bits per heavy atom. The Labute approximate surface area is 103 Å². The summed E-state index contributed by atoms with van der Waals surface area (Å²) in [6, 6.07) is 6.75. The van der Waals surface area contributed by atoms with E-state index in [0.717, 1.165) is 18.4 Å². The van der Waals surface area contributed by atoms with Crippen LogP contribution in [0, 0.1) is 0 Å². The fraction of sp³-hybridized carbons (Fsp3) is 0.364. The van der Waals surface area contributed by atoms with Crippen LogP contribution in [0.15, 0.2) is 24.3 Å². The van der Waals surface area contributed by atoms with Crippen LogP contribution in [-0.4, -0.2) is 18.2 Å². The van der Waals surface area contributed by atoms with Crippen LogP contribution in [0.3, 0.4) is 0 Å². The molecule has 1 fully saturated rings. The van der Waals surface area contributed by atoms with E-state index in [9.17, 15) is 4.79 Å². The number of esters is 1. The molecule has 2 rings (SSSR count). The van der Waals surface area contributed by atoms with Crippen molar-refractivity contribution in [3.63, 3.8) is 0 Å². The third-order valence-corrected chi connectivity index (χ3v) is 2.75. The second-order valence-electron chi connectivity index (χ2n) is 3.62. The standard InChI is InChI=1S/C11H12O3.Mo/c1-14-10(13)11(6-7-11)8-2-4-9(12)5-3-8;/h2-5,12H,6-7H2,1H3;. The molecule has 1 aliphatic rings. The number of rotatable bonds is 2. The van der Waals surface area contributed by atoms with Gasteiger partial charge in [0.25, 0.3) is 0 Å². The zero-order valence-corrected chi connectivity index (χ0v) is 10.4. The van der Waals surface area contributed by atoms with Gasteiger partial charge >= 0.3 is 5.97 Å². The second kappa shape index (κ2) is 4.36. The first-order chi connectivity index (χ1) is 6.69. The summed E-state index contributed by atoms with van der Waals surface area (Å²) in [5.74, 6) is 0.0394. The van der Waals surface area contributed by atoms with Gasteiger partial charge in [-0.1, -0.05) is 12.1 Å². The molecule has 1 aromatic carbocycles. The zero-order chi connectivity index (χ0) is 10.2. The molecule has 1 aromatic rings.